The Labute approximate surface area is 121 Å². The third-order valence-corrected chi connectivity index (χ3v) is 3.76. The van der Waals surface area contributed by atoms with Crippen molar-refractivity contribution in [3.05, 3.63) is 29.0 Å². The van der Waals surface area contributed by atoms with Gasteiger partial charge in [-0.05, 0) is 35.9 Å². The van der Waals surface area contributed by atoms with Crippen molar-refractivity contribution in [3.63, 3.8) is 0 Å². The van der Waals surface area contributed by atoms with E-state index in [1.807, 2.05) is 6.07 Å². The van der Waals surface area contributed by atoms with Crippen molar-refractivity contribution in [1.82, 2.24) is 10.3 Å². The molecule has 1 rings (SSSR count). The molecule has 1 unspecified atom stereocenters. The van der Waals surface area contributed by atoms with Gasteiger partial charge in [-0.15, -0.1) is 0 Å². The average Bonchev–Trinajstić information content (AvgIpc) is 2.34. The molecule has 4 heteroatoms. The summed E-state index contributed by atoms with van der Waals surface area (Å²) >= 11 is 6.20. The van der Waals surface area contributed by atoms with Crippen LogP contribution in [0.3, 0.4) is 0 Å². The van der Waals surface area contributed by atoms with E-state index in [1.165, 1.54) is 5.56 Å². The number of pyridine rings is 1. The molecular weight excluding hydrogens is 260 g/mol. The van der Waals surface area contributed by atoms with E-state index in [0.717, 1.165) is 31.1 Å². The van der Waals surface area contributed by atoms with Crippen molar-refractivity contribution in [2.24, 2.45) is 11.3 Å². The number of nitrogens with zero attached hydrogens (tertiary/aromatic N) is 1. The van der Waals surface area contributed by atoms with Gasteiger partial charge in [0, 0.05) is 26.0 Å². The van der Waals surface area contributed by atoms with Crippen LogP contribution in [-0.4, -0.2) is 31.8 Å². The van der Waals surface area contributed by atoms with Gasteiger partial charge in [0.1, 0.15) is 0 Å². The second kappa shape index (κ2) is 7.83. The number of ether oxygens (including phenoxy) is 1. The summed E-state index contributed by atoms with van der Waals surface area (Å²) in [5.41, 5.74) is 1.40. The molecule has 0 aliphatic rings. The Kier molecular flexibility index (Phi) is 6.76. The lowest BCUT2D eigenvalue weighted by Crippen LogP contribution is -2.34. The van der Waals surface area contributed by atoms with Crippen LogP contribution < -0.4 is 5.32 Å². The molecule has 1 N–H and O–H groups in total. The summed E-state index contributed by atoms with van der Waals surface area (Å²) in [6, 6.07) is 2.01. The average molecular weight is 285 g/mol. The van der Waals surface area contributed by atoms with E-state index in [0.29, 0.717) is 5.92 Å². The minimum atomic E-state index is 0.229. The Bertz CT molecular complexity index is 377. The number of aromatic nitrogens is 1. The zero-order valence-electron chi connectivity index (χ0n) is 12.4. The molecule has 1 heterocycles. The van der Waals surface area contributed by atoms with Gasteiger partial charge in [0.15, 0.2) is 0 Å². The fourth-order valence-electron chi connectivity index (χ4n) is 1.97. The third kappa shape index (κ3) is 5.89. The summed E-state index contributed by atoms with van der Waals surface area (Å²) < 4.78 is 5.05. The topological polar surface area (TPSA) is 34.1 Å². The highest BCUT2D eigenvalue weighted by Crippen LogP contribution is 2.30. The van der Waals surface area contributed by atoms with Gasteiger partial charge in [-0.25, -0.2) is 0 Å². The summed E-state index contributed by atoms with van der Waals surface area (Å²) in [5.74, 6) is 0.518. The van der Waals surface area contributed by atoms with Crippen molar-refractivity contribution in [2.45, 2.75) is 27.2 Å². The molecule has 1 atom stereocenters. The number of nitrogens with one attached hydrogen (secondary N) is 1. The van der Waals surface area contributed by atoms with Crippen LogP contribution in [0.2, 0.25) is 5.02 Å². The zero-order chi connectivity index (χ0) is 14.3. The van der Waals surface area contributed by atoms with E-state index < -0.39 is 0 Å². The summed E-state index contributed by atoms with van der Waals surface area (Å²) in [5, 5.41) is 4.21. The Hall–Kier alpha value is -0.640. The van der Waals surface area contributed by atoms with Gasteiger partial charge in [0.05, 0.1) is 11.6 Å². The van der Waals surface area contributed by atoms with E-state index in [4.69, 9.17) is 16.3 Å². The van der Waals surface area contributed by atoms with Gasteiger partial charge in [0.2, 0.25) is 0 Å². The lowest BCUT2D eigenvalue weighted by Gasteiger charge is -2.31. The first-order valence-electron chi connectivity index (χ1n) is 6.73. The number of halogens is 1. The maximum Gasteiger partial charge on any atom is 0.0621 e. The molecular formula is C15H25ClN2O. The lowest BCUT2D eigenvalue weighted by atomic mass is 9.77. The van der Waals surface area contributed by atoms with Crippen LogP contribution in [-0.2, 0) is 11.2 Å². The highest BCUT2D eigenvalue weighted by Gasteiger charge is 2.25. The van der Waals surface area contributed by atoms with E-state index >= 15 is 0 Å². The van der Waals surface area contributed by atoms with Crippen molar-refractivity contribution < 1.29 is 4.74 Å². The SMILES string of the molecule is COCCNCC(Cc1ccncc1Cl)C(C)(C)C. The van der Waals surface area contributed by atoms with Crippen molar-refractivity contribution in [3.8, 4) is 0 Å². The monoisotopic (exact) mass is 284 g/mol. The molecule has 0 fully saturated rings. The van der Waals surface area contributed by atoms with Crippen molar-refractivity contribution >= 4 is 11.6 Å². The molecule has 108 valence electrons. The summed E-state index contributed by atoms with van der Waals surface area (Å²) in [7, 11) is 1.72. The van der Waals surface area contributed by atoms with Gasteiger partial charge >= 0.3 is 0 Å². The van der Waals surface area contributed by atoms with Gasteiger partial charge in [-0.2, -0.15) is 0 Å². The molecule has 0 amide bonds. The smallest absolute Gasteiger partial charge is 0.0621 e. The second-order valence-electron chi connectivity index (χ2n) is 5.93. The maximum absolute atomic E-state index is 6.20. The predicted molar refractivity (Wildman–Crippen MR) is 80.6 cm³/mol. The molecule has 0 aliphatic heterocycles. The quantitative estimate of drug-likeness (QED) is 0.781. The number of hydrogen-bond donors (Lipinski definition) is 1. The molecule has 19 heavy (non-hydrogen) atoms. The number of methoxy groups -OCH3 is 1. The molecule has 0 bridgehead atoms. The number of rotatable bonds is 7. The largest absolute Gasteiger partial charge is 0.383 e. The number of hydrogen-bond acceptors (Lipinski definition) is 3. The normalized spacial score (nSPS) is 13.5. The molecule has 0 aliphatic carbocycles. The van der Waals surface area contributed by atoms with Gasteiger partial charge in [-0.1, -0.05) is 32.4 Å². The van der Waals surface area contributed by atoms with Crippen LogP contribution in [0.15, 0.2) is 18.5 Å². The zero-order valence-corrected chi connectivity index (χ0v) is 13.1. The fourth-order valence-corrected chi connectivity index (χ4v) is 2.17. The lowest BCUT2D eigenvalue weighted by molar-refractivity contribution is 0.186. The molecule has 1 aromatic heterocycles. The van der Waals surface area contributed by atoms with Crippen LogP contribution >= 0.6 is 11.6 Å². The van der Waals surface area contributed by atoms with Crippen LogP contribution in [0, 0.1) is 11.3 Å². The Morgan fingerprint density at radius 1 is 1.42 bits per heavy atom. The first kappa shape index (κ1) is 16.4. The standard InChI is InChI=1S/C15H25ClN2O/c1-15(2,3)13(10-18-7-8-19-4)9-12-5-6-17-11-14(12)16/h5-6,11,13,18H,7-10H2,1-4H3. The second-order valence-corrected chi connectivity index (χ2v) is 6.34. The summed E-state index contributed by atoms with van der Waals surface area (Å²) in [6.45, 7) is 9.39. The van der Waals surface area contributed by atoms with Gasteiger partial charge in [-0.3, -0.25) is 4.98 Å². The van der Waals surface area contributed by atoms with Crippen LogP contribution in [0.1, 0.15) is 26.3 Å². The minimum absolute atomic E-state index is 0.229. The Morgan fingerprint density at radius 2 is 2.16 bits per heavy atom. The first-order chi connectivity index (χ1) is 8.95. The molecule has 0 saturated carbocycles. The van der Waals surface area contributed by atoms with Crippen LogP contribution in [0.25, 0.3) is 0 Å². The van der Waals surface area contributed by atoms with Crippen LogP contribution in [0.5, 0.6) is 0 Å². The van der Waals surface area contributed by atoms with E-state index in [2.05, 4.69) is 31.1 Å². The van der Waals surface area contributed by atoms with E-state index in [-0.39, 0.29) is 5.41 Å². The van der Waals surface area contributed by atoms with E-state index in [1.54, 1.807) is 19.5 Å². The minimum Gasteiger partial charge on any atom is -0.383 e. The van der Waals surface area contributed by atoms with Crippen LogP contribution in [0.4, 0.5) is 0 Å². The van der Waals surface area contributed by atoms with Crippen molar-refractivity contribution in [1.29, 1.82) is 0 Å². The molecule has 0 radical (unpaired) electrons. The summed E-state index contributed by atoms with van der Waals surface area (Å²) in [4.78, 5) is 4.04. The molecule has 3 nitrogen and oxygen atoms in total. The molecule has 0 spiro atoms. The predicted octanol–water partition coefficient (Wildman–Crippen LogP) is 3.18. The maximum atomic E-state index is 6.20. The molecule has 1 aromatic rings. The fraction of sp³-hybridized carbons (Fsp3) is 0.667. The highest BCUT2D eigenvalue weighted by atomic mass is 35.5. The Balaban J connectivity index is 2.63. The summed E-state index contributed by atoms with van der Waals surface area (Å²) in [6.07, 6.45) is 4.49. The third-order valence-electron chi connectivity index (χ3n) is 3.42. The van der Waals surface area contributed by atoms with E-state index in [9.17, 15) is 0 Å². The molecule has 0 aromatic carbocycles. The molecule has 0 saturated heterocycles. The van der Waals surface area contributed by atoms with Crippen molar-refractivity contribution in [2.75, 3.05) is 26.8 Å². The first-order valence-corrected chi connectivity index (χ1v) is 7.11. The van der Waals surface area contributed by atoms with Gasteiger partial charge in [0.25, 0.3) is 0 Å². The Morgan fingerprint density at radius 3 is 2.74 bits per heavy atom. The highest BCUT2D eigenvalue weighted by molar-refractivity contribution is 6.31. The van der Waals surface area contributed by atoms with Gasteiger partial charge < -0.3 is 10.1 Å².